The lowest BCUT2D eigenvalue weighted by molar-refractivity contribution is 0.669. The molecular weight excluding hydrogens is 703 g/mol. The molecule has 0 aliphatic rings. The predicted molar refractivity (Wildman–Crippen MR) is 233 cm³/mol. The SMILES string of the molecule is [2H]c1c([2H])c([2H])c(-c2cccc3c2sc2c(-c4cccc(-c5nc(-c6cccc(-c7ccccc7)c6)nc(-c6ccc7c(c6)oc6ccccc67)n5)c4)cccc23)c([2H])c1[2H]. The van der Waals surface area contributed by atoms with E-state index in [4.69, 9.17) is 26.2 Å². The minimum absolute atomic E-state index is 0.196. The quantitative estimate of drug-likeness (QED) is 0.170. The first-order chi connectivity index (χ1) is 29.8. The number of furan rings is 1. The molecule has 3 heterocycles. The van der Waals surface area contributed by atoms with Gasteiger partial charge >= 0.3 is 0 Å². The summed E-state index contributed by atoms with van der Waals surface area (Å²) >= 11 is 1.55. The average molecular weight is 739 g/mol. The first-order valence-electron chi connectivity index (χ1n) is 20.8. The van der Waals surface area contributed by atoms with Gasteiger partial charge in [-0.05, 0) is 63.7 Å². The van der Waals surface area contributed by atoms with Gasteiger partial charge in [-0.1, -0.05) is 158 Å². The molecule has 0 saturated carbocycles. The predicted octanol–water partition coefficient (Wildman–Crippen LogP) is 14.1. The largest absolute Gasteiger partial charge is 0.456 e. The highest BCUT2D eigenvalue weighted by atomic mass is 32.1. The van der Waals surface area contributed by atoms with E-state index in [1.165, 1.54) is 0 Å². The van der Waals surface area contributed by atoms with Crippen molar-refractivity contribution in [3.05, 3.63) is 188 Å². The van der Waals surface area contributed by atoms with Gasteiger partial charge in [0.15, 0.2) is 17.5 Å². The highest BCUT2D eigenvalue weighted by Gasteiger charge is 2.18. The van der Waals surface area contributed by atoms with Crippen LogP contribution in [0.25, 0.3) is 110 Å². The van der Waals surface area contributed by atoms with Crippen LogP contribution < -0.4 is 0 Å². The third-order valence-electron chi connectivity index (χ3n) is 10.2. The summed E-state index contributed by atoms with van der Waals surface area (Å²) < 4.78 is 50.4. The molecule has 0 unspecified atom stereocenters. The van der Waals surface area contributed by atoms with Crippen LogP contribution in [0.15, 0.2) is 192 Å². The summed E-state index contributed by atoms with van der Waals surface area (Å²) in [5, 5.41) is 4.04. The van der Waals surface area contributed by atoms with Gasteiger partial charge in [-0.2, -0.15) is 0 Å². The van der Waals surface area contributed by atoms with E-state index in [1.54, 1.807) is 11.3 Å². The Balaban J connectivity index is 1.07. The van der Waals surface area contributed by atoms with Gasteiger partial charge in [0.1, 0.15) is 11.2 Å². The fourth-order valence-electron chi connectivity index (χ4n) is 7.55. The molecule has 0 aliphatic carbocycles. The Bertz CT molecular complexity index is 3540. The van der Waals surface area contributed by atoms with E-state index in [0.717, 1.165) is 81.1 Å². The zero-order valence-electron chi connectivity index (χ0n) is 34.7. The number of aromatic nitrogens is 3. The molecule has 0 spiro atoms. The molecule has 0 atom stereocenters. The van der Waals surface area contributed by atoms with Crippen molar-refractivity contribution in [2.24, 2.45) is 0 Å². The molecule has 262 valence electrons. The van der Waals surface area contributed by atoms with E-state index in [0.29, 0.717) is 23.0 Å². The summed E-state index contributed by atoms with van der Waals surface area (Å²) in [6, 6.07) is 51.2. The Morgan fingerprint density at radius 2 is 0.893 bits per heavy atom. The number of rotatable bonds is 6. The van der Waals surface area contributed by atoms with E-state index in [-0.39, 0.29) is 29.7 Å². The van der Waals surface area contributed by atoms with Crippen molar-refractivity contribution >= 4 is 53.4 Å². The second kappa shape index (κ2) is 13.3. The molecule has 0 N–H and O–H groups in total. The monoisotopic (exact) mass is 738 g/mol. The van der Waals surface area contributed by atoms with Crippen molar-refractivity contribution in [2.45, 2.75) is 0 Å². The van der Waals surface area contributed by atoms with Crippen LogP contribution in [0.2, 0.25) is 0 Å². The molecule has 0 radical (unpaired) electrons. The fraction of sp³-hybridized carbons (Fsp3) is 0. The maximum absolute atomic E-state index is 8.72. The summed E-state index contributed by atoms with van der Waals surface area (Å²) in [6.07, 6.45) is 0. The summed E-state index contributed by atoms with van der Waals surface area (Å²) in [5.41, 5.74) is 8.95. The summed E-state index contributed by atoms with van der Waals surface area (Å²) in [7, 11) is 0. The molecule has 0 saturated heterocycles. The molecule has 56 heavy (non-hydrogen) atoms. The molecule has 0 bridgehead atoms. The van der Waals surface area contributed by atoms with Crippen LogP contribution >= 0.6 is 11.3 Å². The molecule has 11 aromatic rings. The highest BCUT2D eigenvalue weighted by Crippen LogP contribution is 2.44. The van der Waals surface area contributed by atoms with Gasteiger partial charge < -0.3 is 4.42 Å². The van der Waals surface area contributed by atoms with E-state index < -0.39 is 6.04 Å². The van der Waals surface area contributed by atoms with Crippen molar-refractivity contribution in [2.75, 3.05) is 0 Å². The number of fused-ring (bicyclic) bond motifs is 6. The van der Waals surface area contributed by atoms with Gasteiger partial charge in [0.2, 0.25) is 0 Å². The highest BCUT2D eigenvalue weighted by molar-refractivity contribution is 7.26. The second-order valence-corrected chi connectivity index (χ2v) is 14.6. The van der Waals surface area contributed by atoms with Crippen molar-refractivity contribution in [3.63, 3.8) is 0 Å². The van der Waals surface area contributed by atoms with Gasteiger partial charge in [-0.15, -0.1) is 11.3 Å². The molecule has 0 aliphatic heterocycles. The number of para-hydroxylation sites is 1. The van der Waals surface area contributed by atoms with Crippen LogP contribution in [-0.4, -0.2) is 15.0 Å². The summed E-state index contributed by atoms with van der Waals surface area (Å²) in [6.45, 7) is 0. The van der Waals surface area contributed by atoms with Crippen LogP contribution in [0.1, 0.15) is 6.85 Å². The lowest BCUT2D eigenvalue weighted by atomic mass is 9.99. The zero-order chi connectivity index (χ0) is 41.4. The number of nitrogens with zero attached hydrogens (tertiary/aromatic N) is 3. The van der Waals surface area contributed by atoms with Crippen LogP contribution in [0.3, 0.4) is 0 Å². The van der Waals surface area contributed by atoms with Crippen molar-refractivity contribution in [3.8, 4) is 67.5 Å². The van der Waals surface area contributed by atoms with Crippen LogP contribution in [0.5, 0.6) is 0 Å². The fourth-order valence-corrected chi connectivity index (χ4v) is 8.91. The normalized spacial score (nSPS) is 12.8. The van der Waals surface area contributed by atoms with Gasteiger partial charge in [-0.25, -0.2) is 15.0 Å². The van der Waals surface area contributed by atoms with Gasteiger partial charge in [-0.3, -0.25) is 0 Å². The first-order valence-corrected chi connectivity index (χ1v) is 19.1. The molecular formula is C51H31N3OS. The molecule has 11 rings (SSSR count). The lowest BCUT2D eigenvalue weighted by Gasteiger charge is -2.11. The molecule has 0 amide bonds. The van der Waals surface area contributed by atoms with Gasteiger partial charge in [0, 0.05) is 47.6 Å². The number of hydrogen-bond acceptors (Lipinski definition) is 5. The molecule has 8 aromatic carbocycles. The van der Waals surface area contributed by atoms with E-state index >= 15 is 0 Å². The van der Waals surface area contributed by atoms with Crippen LogP contribution in [0.4, 0.5) is 0 Å². The third kappa shape index (κ3) is 5.56. The Kier molecular flexibility index (Phi) is 6.49. The molecule has 5 heteroatoms. The van der Waals surface area contributed by atoms with Gasteiger partial charge in [0.05, 0.1) is 6.85 Å². The third-order valence-corrected chi connectivity index (χ3v) is 11.5. The molecule has 4 nitrogen and oxygen atoms in total. The van der Waals surface area contributed by atoms with Gasteiger partial charge in [0.25, 0.3) is 0 Å². The van der Waals surface area contributed by atoms with Crippen molar-refractivity contribution < 1.29 is 11.3 Å². The number of hydrogen-bond donors (Lipinski definition) is 0. The van der Waals surface area contributed by atoms with Crippen molar-refractivity contribution in [1.82, 2.24) is 15.0 Å². The standard InChI is InChI=1S/C51H31N3OS/c1-3-13-32(14-4-1)34-17-9-19-36(29-34)49-52-50(54-51(53-49)38-27-28-42-41-21-7-8-26-45(41)55-46(42)31-38)37-20-10-18-35(30-37)40-23-12-25-44-43-24-11-22-39(47(43)56-48(40)44)33-15-5-2-6-16-33/h1-31H/i2D,5D,6D,15D,16D. The average Bonchev–Trinajstić information content (AvgIpc) is 3.89. The topological polar surface area (TPSA) is 51.8 Å². The first kappa shape index (κ1) is 27.4. The second-order valence-electron chi connectivity index (χ2n) is 13.6. The van der Waals surface area contributed by atoms with E-state index in [2.05, 4.69) is 60.7 Å². The molecule has 0 fully saturated rings. The lowest BCUT2D eigenvalue weighted by Crippen LogP contribution is -2.00. The summed E-state index contributed by atoms with van der Waals surface area (Å²) in [4.78, 5) is 15.3. The Morgan fingerprint density at radius 1 is 0.375 bits per heavy atom. The molecule has 3 aromatic heterocycles. The minimum Gasteiger partial charge on any atom is -0.456 e. The van der Waals surface area contributed by atoms with Crippen molar-refractivity contribution in [1.29, 1.82) is 0 Å². The maximum atomic E-state index is 8.72. The smallest absolute Gasteiger partial charge is 0.164 e. The Labute approximate surface area is 334 Å². The van der Waals surface area contributed by atoms with Crippen LogP contribution in [0, 0.1) is 0 Å². The summed E-state index contributed by atoms with van der Waals surface area (Å²) in [5.74, 6) is 1.58. The Hall–Kier alpha value is -7.21. The van der Waals surface area contributed by atoms with E-state index in [1.807, 2.05) is 97.1 Å². The van der Waals surface area contributed by atoms with E-state index in [9.17, 15) is 0 Å². The Morgan fingerprint density at radius 3 is 1.61 bits per heavy atom. The number of thiophene rings is 1. The zero-order valence-corrected chi connectivity index (χ0v) is 30.5. The maximum Gasteiger partial charge on any atom is 0.164 e. The van der Waals surface area contributed by atoms with Crippen LogP contribution in [-0.2, 0) is 0 Å². The number of benzene rings is 8. The minimum atomic E-state index is -0.408.